The van der Waals surface area contributed by atoms with Crippen LogP contribution in [-0.2, 0) is 9.53 Å². The number of nitrogens with one attached hydrogen (secondary N) is 1. The number of rotatable bonds is 3. The maximum atomic E-state index is 12.8. The maximum absolute atomic E-state index is 12.8. The van der Waals surface area contributed by atoms with Crippen molar-refractivity contribution in [2.75, 3.05) is 12.9 Å². The minimum Gasteiger partial charge on any atom is -0.377 e. The van der Waals surface area contributed by atoms with Gasteiger partial charge in [-0.15, -0.1) is 0 Å². The van der Waals surface area contributed by atoms with Gasteiger partial charge in [-0.05, 0) is 38.4 Å². The van der Waals surface area contributed by atoms with Crippen LogP contribution in [0.25, 0.3) is 0 Å². The molecule has 3 aliphatic rings. The van der Waals surface area contributed by atoms with E-state index in [1.165, 1.54) is 12.8 Å². The third-order valence-electron chi connectivity index (χ3n) is 6.17. The molecule has 120 valence electrons. The van der Waals surface area contributed by atoms with Gasteiger partial charge >= 0.3 is 0 Å². The highest BCUT2D eigenvalue weighted by Crippen LogP contribution is 2.58. The summed E-state index contributed by atoms with van der Waals surface area (Å²) in [6.45, 7) is 4.89. The summed E-state index contributed by atoms with van der Waals surface area (Å²) in [6, 6.07) is 0.304. The first-order valence-corrected chi connectivity index (χ1v) is 9.44. The van der Waals surface area contributed by atoms with Gasteiger partial charge in [0.1, 0.15) is 5.54 Å². The second-order valence-electron chi connectivity index (χ2n) is 7.46. The van der Waals surface area contributed by atoms with Crippen LogP contribution in [0.1, 0.15) is 46.0 Å². The Labute approximate surface area is 131 Å². The fraction of sp³-hybridized carbons (Fsp3) is 0.938. The first kappa shape index (κ1) is 15.6. The average molecular weight is 312 g/mol. The second kappa shape index (κ2) is 5.43. The van der Waals surface area contributed by atoms with E-state index < -0.39 is 5.54 Å². The molecule has 3 atom stereocenters. The topological polar surface area (TPSA) is 64.4 Å². The Morgan fingerprint density at radius 2 is 1.90 bits per heavy atom. The van der Waals surface area contributed by atoms with Gasteiger partial charge in [0.2, 0.25) is 5.91 Å². The van der Waals surface area contributed by atoms with Gasteiger partial charge in [-0.3, -0.25) is 4.79 Å². The van der Waals surface area contributed by atoms with Gasteiger partial charge in [0.15, 0.2) is 0 Å². The second-order valence-corrected chi connectivity index (χ2v) is 8.60. The third-order valence-corrected chi connectivity index (χ3v) is 7.31. The Balaban J connectivity index is 1.63. The molecule has 3 N–H and O–H groups in total. The molecule has 1 aliphatic heterocycles. The molecule has 3 unspecified atom stereocenters. The summed E-state index contributed by atoms with van der Waals surface area (Å²) in [4.78, 5) is 12.8. The number of carbonyl (C=O) groups excluding carboxylic acids is 1. The SMILES string of the molecule is CSC1CCC(NC(=O)C2(N)C3CCOC3C2(C)C)CC1. The molecule has 21 heavy (non-hydrogen) atoms. The minimum atomic E-state index is -0.759. The fourth-order valence-electron chi connectivity index (χ4n) is 4.59. The lowest BCUT2D eigenvalue weighted by atomic mass is 9.48. The molecule has 2 aliphatic carbocycles. The van der Waals surface area contributed by atoms with Crippen LogP contribution in [0.2, 0.25) is 0 Å². The lowest BCUT2D eigenvalue weighted by Gasteiger charge is -2.61. The first-order chi connectivity index (χ1) is 9.91. The van der Waals surface area contributed by atoms with Gasteiger partial charge in [0, 0.05) is 29.2 Å². The molecule has 3 fully saturated rings. The molecule has 1 heterocycles. The molecule has 4 nitrogen and oxygen atoms in total. The summed E-state index contributed by atoms with van der Waals surface area (Å²) >= 11 is 1.95. The van der Waals surface area contributed by atoms with Crippen molar-refractivity contribution in [2.45, 2.75) is 68.9 Å². The monoisotopic (exact) mass is 312 g/mol. The summed E-state index contributed by atoms with van der Waals surface area (Å²) < 4.78 is 5.77. The Hall–Kier alpha value is -0.260. The number of carbonyl (C=O) groups is 1. The van der Waals surface area contributed by atoms with Crippen LogP contribution in [-0.4, -0.2) is 41.7 Å². The number of amides is 1. The Morgan fingerprint density at radius 1 is 1.24 bits per heavy atom. The lowest BCUT2D eigenvalue weighted by molar-refractivity contribution is -0.176. The van der Waals surface area contributed by atoms with Crippen LogP contribution < -0.4 is 11.1 Å². The van der Waals surface area contributed by atoms with E-state index in [0.717, 1.165) is 31.1 Å². The summed E-state index contributed by atoms with van der Waals surface area (Å²) in [6.07, 6.45) is 7.80. The van der Waals surface area contributed by atoms with Crippen molar-refractivity contribution in [3.05, 3.63) is 0 Å². The molecule has 0 radical (unpaired) electrons. The van der Waals surface area contributed by atoms with E-state index in [4.69, 9.17) is 10.5 Å². The summed E-state index contributed by atoms with van der Waals surface area (Å²) in [5.74, 6) is 0.238. The van der Waals surface area contributed by atoms with Crippen LogP contribution in [0.4, 0.5) is 0 Å². The van der Waals surface area contributed by atoms with Crippen LogP contribution in [0.3, 0.4) is 0 Å². The van der Waals surface area contributed by atoms with Gasteiger partial charge in [0.05, 0.1) is 6.10 Å². The normalized spacial score (nSPS) is 44.8. The molecular weight excluding hydrogens is 284 g/mol. The molecule has 0 aromatic heterocycles. The molecule has 0 aromatic carbocycles. The molecule has 1 saturated heterocycles. The van der Waals surface area contributed by atoms with Gasteiger partial charge in [-0.1, -0.05) is 13.8 Å². The zero-order valence-electron chi connectivity index (χ0n) is 13.4. The highest BCUT2D eigenvalue weighted by molar-refractivity contribution is 7.99. The van der Waals surface area contributed by atoms with Gasteiger partial charge in [0.25, 0.3) is 0 Å². The van der Waals surface area contributed by atoms with Gasteiger partial charge in [-0.25, -0.2) is 0 Å². The number of fused-ring (bicyclic) bond motifs is 1. The zero-order chi connectivity index (χ0) is 15.3. The maximum Gasteiger partial charge on any atom is 0.241 e. The van der Waals surface area contributed by atoms with E-state index in [-0.39, 0.29) is 23.3 Å². The van der Waals surface area contributed by atoms with Crippen molar-refractivity contribution in [1.82, 2.24) is 5.32 Å². The van der Waals surface area contributed by atoms with Crippen molar-refractivity contribution >= 4 is 17.7 Å². The predicted octanol–water partition coefficient (Wildman–Crippen LogP) is 1.92. The van der Waals surface area contributed by atoms with Crippen molar-refractivity contribution in [1.29, 1.82) is 0 Å². The molecule has 0 bridgehead atoms. The summed E-state index contributed by atoms with van der Waals surface area (Å²) in [5.41, 5.74) is 5.56. The number of nitrogens with two attached hydrogens (primary N) is 1. The van der Waals surface area contributed by atoms with E-state index in [0.29, 0.717) is 6.04 Å². The average Bonchev–Trinajstić information content (AvgIpc) is 2.95. The van der Waals surface area contributed by atoms with E-state index >= 15 is 0 Å². The standard InChI is InChI=1S/C16H28N2O2S/c1-15(2)13-12(8-9-20-13)16(15,17)14(19)18-10-4-6-11(21-3)7-5-10/h10-13H,4-9,17H2,1-3H3,(H,18,19). The first-order valence-electron chi connectivity index (χ1n) is 8.15. The smallest absolute Gasteiger partial charge is 0.241 e. The van der Waals surface area contributed by atoms with E-state index in [1.54, 1.807) is 0 Å². The Kier molecular flexibility index (Phi) is 4.04. The quantitative estimate of drug-likeness (QED) is 0.836. The molecule has 2 saturated carbocycles. The fourth-order valence-corrected chi connectivity index (χ4v) is 5.34. The van der Waals surface area contributed by atoms with E-state index in [1.807, 2.05) is 11.8 Å². The van der Waals surface area contributed by atoms with Crippen LogP contribution in [0, 0.1) is 11.3 Å². The third kappa shape index (κ3) is 2.23. The van der Waals surface area contributed by atoms with E-state index in [9.17, 15) is 4.79 Å². The van der Waals surface area contributed by atoms with E-state index in [2.05, 4.69) is 25.4 Å². The number of hydrogen-bond acceptors (Lipinski definition) is 4. The summed E-state index contributed by atoms with van der Waals surface area (Å²) in [5, 5.41) is 4.01. The van der Waals surface area contributed by atoms with Crippen molar-refractivity contribution in [3.63, 3.8) is 0 Å². The highest BCUT2D eigenvalue weighted by Gasteiger charge is 2.71. The van der Waals surface area contributed by atoms with Crippen LogP contribution in [0.15, 0.2) is 0 Å². The number of thioether (sulfide) groups is 1. The number of hydrogen-bond donors (Lipinski definition) is 2. The predicted molar refractivity (Wildman–Crippen MR) is 86.2 cm³/mol. The van der Waals surface area contributed by atoms with Crippen molar-refractivity contribution in [3.8, 4) is 0 Å². The van der Waals surface area contributed by atoms with Crippen LogP contribution >= 0.6 is 11.8 Å². The molecule has 5 heteroatoms. The van der Waals surface area contributed by atoms with Crippen molar-refractivity contribution in [2.24, 2.45) is 17.1 Å². The van der Waals surface area contributed by atoms with Crippen LogP contribution in [0.5, 0.6) is 0 Å². The molecule has 0 aromatic rings. The molecular formula is C16H28N2O2S. The van der Waals surface area contributed by atoms with Gasteiger partial charge in [-0.2, -0.15) is 11.8 Å². The largest absolute Gasteiger partial charge is 0.377 e. The Bertz CT molecular complexity index is 421. The molecule has 1 amide bonds. The molecule has 3 rings (SSSR count). The highest BCUT2D eigenvalue weighted by atomic mass is 32.2. The molecule has 0 spiro atoms. The lowest BCUT2D eigenvalue weighted by Crippen LogP contribution is -2.80. The summed E-state index contributed by atoms with van der Waals surface area (Å²) in [7, 11) is 0. The van der Waals surface area contributed by atoms with Crippen molar-refractivity contribution < 1.29 is 9.53 Å². The Morgan fingerprint density at radius 3 is 2.52 bits per heavy atom. The minimum absolute atomic E-state index is 0.0480. The zero-order valence-corrected chi connectivity index (χ0v) is 14.2. The number of ether oxygens (including phenoxy) is 1. The van der Waals surface area contributed by atoms with Gasteiger partial charge < -0.3 is 15.8 Å².